The van der Waals surface area contributed by atoms with Gasteiger partial charge in [0, 0.05) is 18.3 Å². The highest BCUT2D eigenvalue weighted by Crippen LogP contribution is 2.15. The van der Waals surface area contributed by atoms with Gasteiger partial charge in [-0.05, 0) is 43.7 Å². The molecule has 0 aliphatic heterocycles. The van der Waals surface area contributed by atoms with Crippen LogP contribution < -0.4 is 5.73 Å². The van der Waals surface area contributed by atoms with Crippen molar-refractivity contribution in [3.8, 4) is 0 Å². The summed E-state index contributed by atoms with van der Waals surface area (Å²) in [5.41, 5.74) is 7.07. The zero-order valence-electron chi connectivity index (χ0n) is 10.3. The predicted molar refractivity (Wildman–Crippen MR) is 66.6 cm³/mol. The van der Waals surface area contributed by atoms with E-state index in [-0.39, 0.29) is 5.82 Å². The maximum atomic E-state index is 13.2. The van der Waals surface area contributed by atoms with E-state index in [9.17, 15) is 4.39 Å². The minimum Gasteiger partial charge on any atom is -0.399 e. The largest absolute Gasteiger partial charge is 0.399 e. The number of hydrogen-bond donors (Lipinski definition) is 1. The molecule has 2 nitrogen and oxygen atoms in total. The highest BCUT2D eigenvalue weighted by atomic mass is 19.1. The van der Waals surface area contributed by atoms with Crippen LogP contribution in [0.1, 0.15) is 32.8 Å². The van der Waals surface area contributed by atoms with E-state index in [2.05, 4.69) is 25.7 Å². The second kappa shape index (κ2) is 5.85. The molecule has 0 aromatic heterocycles. The molecule has 1 atom stereocenters. The number of nitrogens with two attached hydrogens (primary N) is 1. The van der Waals surface area contributed by atoms with Crippen molar-refractivity contribution in [2.45, 2.75) is 39.8 Å². The van der Waals surface area contributed by atoms with Gasteiger partial charge in [0.2, 0.25) is 0 Å². The van der Waals surface area contributed by atoms with Gasteiger partial charge in [0.05, 0.1) is 0 Å². The summed E-state index contributed by atoms with van der Waals surface area (Å²) >= 11 is 0. The van der Waals surface area contributed by atoms with Gasteiger partial charge in [-0.3, -0.25) is 4.90 Å². The lowest BCUT2D eigenvalue weighted by molar-refractivity contribution is 0.206. The minimum atomic E-state index is -0.254. The summed E-state index contributed by atoms with van der Waals surface area (Å²) in [4.78, 5) is 2.31. The number of rotatable bonds is 5. The molecule has 0 saturated carbocycles. The number of nitrogens with zero attached hydrogens (tertiary/aromatic N) is 1. The van der Waals surface area contributed by atoms with Crippen LogP contribution >= 0.6 is 0 Å². The van der Waals surface area contributed by atoms with Gasteiger partial charge in [0.15, 0.2) is 0 Å². The van der Waals surface area contributed by atoms with Crippen molar-refractivity contribution in [1.82, 2.24) is 4.90 Å². The predicted octanol–water partition coefficient (Wildman–Crippen LogP) is 3.03. The van der Waals surface area contributed by atoms with E-state index in [0.29, 0.717) is 11.7 Å². The Balaban J connectivity index is 2.77. The van der Waals surface area contributed by atoms with Gasteiger partial charge >= 0.3 is 0 Å². The third-order valence-electron chi connectivity index (χ3n) is 2.99. The topological polar surface area (TPSA) is 29.3 Å². The third kappa shape index (κ3) is 3.49. The van der Waals surface area contributed by atoms with Crippen LogP contribution in [0.4, 0.5) is 10.1 Å². The summed E-state index contributed by atoms with van der Waals surface area (Å²) in [5.74, 6) is -0.254. The van der Waals surface area contributed by atoms with E-state index >= 15 is 0 Å². The molecule has 0 radical (unpaired) electrons. The number of hydrogen-bond acceptors (Lipinski definition) is 2. The Morgan fingerprint density at radius 1 is 1.31 bits per heavy atom. The van der Waals surface area contributed by atoms with Crippen molar-refractivity contribution in [2.75, 3.05) is 12.3 Å². The molecule has 1 unspecified atom stereocenters. The molecule has 0 heterocycles. The normalized spacial score (nSPS) is 13.1. The molecule has 0 spiro atoms. The summed E-state index contributed by atoms with van der Waals surface area (Å²) in [6.07, 6.45) is 1.10. The first kappa shape index (κ1) is 13.0. The number of anilines is 1. The summed E-state index contributed by atoms with van der Waals surface area (Å²) < 4.78 is 13.2. The summed E-state index contributed by atoms with van der Waals surface area (Å²) in [7, 11) is 0. The molecule has 0 amide bonds. The second-order valence-corrected chi connectivity index (χ2v) is 4.21. The van der Waals surface area contributed by atoms with Crippen LogP contribution in [-0.2, 0) is 6.54 Å². The lowest BCUT2D eigenvalue weighted by atomic mass is 10.1. The van der Waals surface area contributed by atoms with Crippen LogP contribution in [0.5, 0.6) is 0 Å². The molecule has 2 N–H and O–H groups in total. The smallest absolute Gasteiger partial charge is 0.125 e. The Hall–Kier alpha value is -1.09. The number of halogens is 1. The molecule has 0 fully saturated rings. The SMILES string of the molecule is CCC(C)N(CC)Cc1cc(N)cc(F)c1. The first-order valence-electron chi connectivity index (χ1n) is 5.85. The maximum Gasteiger partial charge on any atom is 0.125 e. The molecule has 1 rings (SSSR count). The van der Waals surface area contributed by atoms with Crippen molar-refractivity contribution in [3.63, 3.8) is 0 Å². The fraction of sp³-hybridized carbons (Fsp3) is 0.538. The quantitative estimate of drug-likeness (QED) is 0.779. The van der Waals surface area contributed by atoms with Crippen LogP contribution in [0, 0.1) is 5.82 Å². The zero-order valence-corrected chi connectivity index (χ0v) is 10.3. The average molecular weight is 224 g/mol. The fourth-order valence-electron chi connectivity index (χ4n) is 1.84. The molecule has 1 aromatic rings. The van der Waals surface area contributed by atoms with E-state index in [0.717, 1.165) is 25.1 Å². The van der Waals surface area contributed by atoms with E-state index in [1.54, 1.807) is 6.07 Å². The Morgan fingerprint density at radius 2 is 2.00 bits per heavy atom. The molecule has 16 heavy (non-hydrogen) atoms. The molecule has 0 aliphatic rings. The van der Waals surface area contributed by atoms with Gasteiger partial charge in [-0.15, -0.1) is 0 Å². The number of nitrogen functional groups attached to an aromatic ring is 1. The molecule has 0 bridgehead atoms. The Morgan fingerprint density at radius 3 is 2.50 bits per heavy atom. The molecular weight excluding hydrogens is 203 g/mol. The Labute approximate surface area is 97.3 Å². The van der Waals surface area contributed by atoms with E-state index in [1.807, 2.05) is 6.07 Å². The molecule has 1 aromatic carbocycles. The van der Waals surface area contributed by atoms with E-state index in [4.69, 9.17) is 5.73 Å². The second-order valence-electron chi connectivity index (χ2n) is 4.21. The van der Waals surface area contributed by atoms with E-state index < -0.39 is 0 Å². The van der Waals surface area contributed by atoms with Crippen molar-refractivity contribution < 1.29 is 4.39 Å². The number of benzene rings is 1. The molecule has 0 saturated heterocycles. The molecular formula is C13H21FN2. The Bertz CT molecular complexity index is 318. The lowest BCUT2D eigenvalue weighted by Gasteiger charge is -2.27. The van der Waals surface area contributed by atoms with Gasteiger partial charge in [0.25, 0.3) is 0 Å². The third-order valence-corrected chi connectivity index (χ3v) is 2.99. The first-order chi connectivity index (χ1) is 7.56. The minimum absolute atomic E-state index is 0.254. The van der Waals surface area contributed by atoms with Crippen molar-refractivity contribution >= 4 is 5.69 Å². The van der Waals surface area contributed by atoms with Crippen molar-refractivity contribution in [2.24, 2.45) is 0 Å². The van der Waals surface area contributed by atoms with Crippen LogP contribution in [0.3, 0.4) is 0 Å². The highest BCUT2D eigenvalue weighted by molar-refractivity contribution is 5.41. The lowest BCUT2D eigenvalue weighted by Crippen LogP contribution is -2.31. The molecule has 90 valence electrons. The monoisotopic (exact) mass is 224 g/mol. The summed E-state index contributed by atoms with van der Waals surface area (Å²) in [6, 6.07) is 5.26. The van der Waals surface area contributed by atoms with Gasteiger partial charge < -0.3 is 5.73 Å². The van der Waals surface area contributed by atoms with Crippen LogP contribution in [-0.4, -0.2) is 17.5 Å². The van der Waals surface area contributed by atoms with Crippen molar-refractivity contribution in [1.29, 1.82) is 0 Å². The maximum absolute atomic E-state index is 13.2. The molecule has 0 aliphatic carbocycles. The average Bonchev–Trinajstić information content (AvgIpc) is 2.23. The fourth-order valence-corrected chi connectivity index (χ4v) is 1.84. The van der Waals surface area contributed by atoms with Crippen LogP contribution in [0.15, 0.2) is 18.2 Å². The highest BCUT2D eigenvalue weighted by Gasteiger charge is 2.11. The Kier molecular flexibility index (Phi) is 4.74. The van der Waals surface area contributed by atoms with Crippen LogP contribution in [0.2, 0.25) is 0 Å². The van der Waals surface area contributed by atoms with Gasteiger partial charge in [-0.1, -0.05) is 13.8 Å². The van der Waals surface area contributed by atoms with Gasteiger partial charge in [0.1, 0.15) is 5.82 Å². The molecule has 3 heteroatoms. The first-order valence-corrected chi connectivity index (χ1v) is 5.85. The summed E-state index contributed by atoms with van der Waals surface area (Å²) in [6.45, 7) is 8.19. The zero-order chi connectivity index (χ0) is 12.1. The van der Waals surface area contributed by atoms with E-state index in [1.165, 1.54) is 6.07 Å². The standard InChI is InChI=1S/C13H21FN2/c1-4-10(3)16(5-2)9-11-6-12(14)8-13(15)7-11/h6-8,10H,4-5,9,15H2,1-3H3. The van der Waals surface area contributed by atoms with Crippen molar-refractivity contribution in [3.05, 3.63) is 29.6 Å². The van der Waals surface area contributed by atoms with Crippen LogP contribution in [0.25, 0.3) is 0 Å². The summed E-state index contributed by atoms with van der Waals surface area (Å²) in [5, 5.41) is 0. The van der Waals surface area contributed by atoms with Gasteiger partial charge in [-0.2, -0.15) is 0 Å². The van der Waals surface area contributed by atoms with Gasteiger partial charge in [-0.25, -0.2) is 4.39 Å².